The summed E-state index contributed by atoms with van der Waals surface area (Å²) < 4.78 is 5.05. The zero-order valence-corrected chi connectivity index (χ0v) is 12.0. The number of nitrogens with one attached hydrogen (secondary N) is 1. The fourth-order valence-corrected chi connectivity index (χ4v) is 2.36. The van der Waals surface area contributed by atoms with Gasteiger partial charge in [-0.2, -0.15) is 0 Å². The van der Waals surface area contributed by atoms with E-state index in [2.05, 4.69) is 19.2 Å². The van der Waals surface area contributed by atoms with Gasteiger partial charge >= 0.3 is 5.97 Å². The van der Waals surface area contributed by atoms with E-state index in [1.54, 1.807) is 6.07 Å². The van der Waals surface area contributed by atoms with Crippen LogP contribution in [0.15, 0.2) is 30.5 Å². The van der Waals surface area contributed by atoms with Crippen molar-refractivity contribution in [1.82, 2.24) is 5.32 Å². The molecule has 0 fully saturated rings. The molecule has 0 radical (unpaired) electrons. The Morgan fingerprint density at radius 3 is 2.65 bits per heavy atom. The first-order valence-electron chi connectivity index (χ1n) is 6.82. The van der Waals surface area contributed by atoms with Crippen molar-refractivity contribution in [2.75, 3.05) is 0 Å². The second-order valence-corrected chi connectivity index (χ2v) is 5.06. The smallest absolute Gasteiger partial charge is 0.307 e. The van der Waals surface area contributed by atoms with Gasteiger partial charge in [-0.15, -0.1) is 0 Å². The number of ether oxygens (including phenoxy) is 1. The van der Waals surface area contributed by atoms with E-state index < -0.39 is 0 Å². The maximum Gasteiger partial charge on any atom is 0.307 e. The Bertz CT molecular complexity index is 563. The lowest BCUT2D eigenvalue weighted by atomic mass is 9.83. The fraction of sp³-hybridized carbons (Fsp3) is 0.375. The first-order valence-corrected chi connectivity index (χ1v) is 6.82. The Balaban J connectivity index is 2.49. The van der Waals surface area contributed by atoms with Crippen molar-refractivity contribution in [3.63, 3.8) is 0 Å². The van der Waals surface area contributed by atoms with E-state index in [1.165, 1.54) is 13.2 Å². The SMILES string of the molecule is CCC(C)C1NC(=O)c2ccccc2/C1=C/OC(C)=O. The van der Waals surface area contributed by atoms with Gasteiger partial charge in [0.15, 0.2) is 0 Å². The van der Waals surface area contributed by atoms with Crippen molar-refractivity contribution in [2.45, 2.75) is 33.2 Å². The minimum absolute atomic E-state index is 0.0779. The molecule has 0 aromatic heterocycles. The summed E-state index contributed by atoms with van der Waals surface area (Å²) in [6.07, 6.45) is 2.39. The molecule has 0 saturated heterocycles. The lowest BCUT2D eigenvalue weighted by molar-refractivity contribution is -0.135. The number of rotatable bonds is 3. The van der Waals surface area contributed by atoms with Crippen LogP contribution in [0, 0.1) is 5.92 Å². The summed E-state index contributed by atoms with van der Waals surface area (Å²) in [5, 5.41) is 3.00. The molecule has 0 aliphatic carbocycles. The van der Waals surface area contributed by atoms with Gasteiger partial charge in [0, 0.05) is 18.1 Å². The third-order valence-corrected chi connectivity index (χ3v) is 3.67. The normalized spacial score (nSPS) is 21.1. The summed E-state index contributed by atoms with van der Waals surface area (Å²) in [5.41, 5.74) is 2.30. The van der Waals surface area contributed by atoms with Crippen LogP contribution in [-0.4, -0.2) is 17.9 Å². The van der Waals surface area contributed by atoms with Crippen LogP contribution in [0.2, 0.25) is 0 Å². The average molecular weight is 273 g/mol. The third kappa shape index (κ3) is 2.74. The van der Waals surface area contributed by atoms with Gasteiger partial charge < -0.3 is 10.1 Å². The van der Waals surface area contributed by atoms with Crippen LogP contribution >= 0.6 is 0 Å². The quantitative estimate of drug-likeness (QED) is 0.680. The van der Waals surface area contributed by atoms with Crippen LogP contribution in [-0.2, 0) is 9.53 Å². The second kappa shape index (κ2) is 5.90. The highest BCUT2D eigenvalue weighted by molar-refractivity contribution is 6.03. The molecule has 1 N–H and O–H groups in total. The maximum absolute atomic E-state index is 12.2. The Hall–Kier alpha value is -2.10. The lowest BCUT2D eigenvalue weighted by Gasteiger charge is -2.32. The molecule has 4 nitrogen and oxygen atoms in total. The lowest BCUT2D eigenvalue weighted by Crippen LogP contribution is -2.44. The predicted octanol–water partition coefficient (Wildman–Crippen LogP) is 2.75. The molecule has 1 aliphatic heterocycles. The summed E-state index contributed by atoms with van der Waals surface area (Å²) in [6, 6.07) is 7.23. The van der Waals surface area contributed by atoms with Gasteiger partial charge in [-0.1, -0.05) is 38.5 Å². The number of fused-ring (bicyclic) bond motifs is 1. The maximum atomic E-state index is 12.2. The van der Waals surface area contributed by atoms with Gasteiger partial charge in [0.2, 0.25) is 0 Å². The highest BCUT2D eigenvalue weighted by Gasteiger charge is 2.31. The molecule has 0 bridgehead atoms. The molecular weight excluding hydrogens is 254 g/mol. The van der Waals surface area contributed by atoms with Crippen LogP contribution in [0.5, 0.6) is 0 Å². The Kier molecular flexibility index (Phi) is 4.23. The molecule has 2 rings (SSSR count). The molecule has 4 heteroatoms. The van der Waals surface area contributed by atoms with Crippen molar-refractivity contribution in [3.05, 3.63) is 41.7 Å². The van der Waals surface area contributed by atoms with Crippen molar-refractivity contribution in [2.24, 2.45) is 5.92 Å². The first-order chi connectivity index (χ1) is 9.54. The summed E-state index contributed by atoms with van der Waals surface area (Å²) >= 11 is 0. The van der Waals surface area contributed by atoms with Gasteiger partial charge in [-0.3, -0.25) is 9.59 Å². The first kappa shape index (κ1) is 14.3. The summed E-state index contributed by atoms with van der Waals surface area (Å²) in [5.74, 6) is -0.185. The molecular formula is C16H19NO3. The van der Waals surface area contributed by atoms with E-state index >= 15 is 0 Å². The number of carbonyl (C=O) groups is 2. The van der Waals surface area contributed by atoms with Gasteiger partial charge in [-0.05, 0) is 17.5 Å². The molecule has 2 unspecified atom stereocenters. The topological polar surface area (TPSA) is 55.4 Å². The zero-order valence-electron chi connectivity index (χ0n) is 12.0. The van der Waals surface area contributed by atoms with Gasteiger partial charge in [0.1, 0.15) is 6.26 Å². The van der Waals surface area contributed by atoms with Gasteiger partial charge in [0.25, 0.3) is 5.91 Å². The minimum atomic E-state index is -0.366. The van der Waals surface area contributed by atoms with E-state index in [-0.39, 0.29) is 23.8 Å². The van der Waals surface area contributed by atoms with Crippen molar-refractivity contribution in [1.29, 1.82) is 0 Å². The monoisotopic (exact) mass is 273 g/mol. The predicted molar refractivity (Wildman–Crippen MR) is 76.9 cm³/mol. The molecule has 0 spiro atoms. The standard InChI is InChI=1S/C16H19NO3/c1-4-10(2)15-14(9-20-11(3)18)12-7-5-6-8-13(12)16(19)17-15/h5-10,15H,4H2,1-3H3,(H,17,19)/b14-9-. The molecule has 20 heavy (non-hydrogen) atoms. The molecule has 0 saturated carbocycles. The Morgan fingerprint density at radius 1 is 1.40 bits per heavy atom. The number of carbonyl (C=O) groups excluding carboxylic acids is 2. The van der Waals surface area contributed by atoms with Crippen LogP contribution in [0.4, 0.5) is 0 Å². The second-order valence-electron chi connectivity index (χ2n) is 5.06. The highest BCUT2D eigenvalue weighted by atomic mass is 16.5. The van der Waals surface area contributed by atoms with E-state index in [0.717, 1.165) is 17.6 Å². The Morgan fingerprint density at radius 2 is 2.05 bits per heavy atom. The third-order valence-electron chi connectivity index (χ3n) is 3.67. The molecule has 1 amide bonds. The number of benzene rings is 1. The number of esters is 1. The number of amides is 1. The van der Waals surface area contributed by atoms with Gasteiger partial charge in [0.05, 0.1) is 6.04 Å². The highest BCUT2D eigenvalue weighted by Crippen LogP contribution is 2.31. The molecule has 1 aromatic carbocycles. The van der Waals surface area contributed by atoms with E-state index in [1.807, 2.05) is 18.2 Å². The van der Waals surface area contributed by atoms with Crippen molar-refractivity contribution < 1.29 is 14.3 Å². The van der Waals surface area contributed by atoms with Gasteiger partial charge in [-0.25, -0.2) is 0 Å². The number of hydrogen-bond donors (Lipinski definition) is 1. The largest absolute Gasteiger partial charge is 0.434 e. The molecule has 1 aromatic rings. The van der Waals surface area contributed by atoms with Crippen LogP contribution in [0.1, 0.15) is 43.1 Å². The Labute approximate surface area is 118 Å². The summed E-state index contributed by atoms with van der Waals surface area (Å²) in [7, 11) is 0. The van der Waals surface area contributed by atoms with Crippen molar-refractivity contribution in [3.8, 4) is 0 Å². The zero-order chi connectivity index (χ0) is 14.7. The van der Waals surface area contributed by atoms with Crippen LogP contribution in [0.25, 0.3) is 5.57 Å². The van der Waals surface area contributed by atoms with Crippen molar-refractivity contribution >= 4 is 17.4 Å². The molecule has 1 aliphatic rings. The molecule has 2 atom stereocenters. The number of hydrogen-bond acceptors (Lipinski definition) is 3. The van der Waals surface area contributed by atoms with E-state index in [9.17, 15) is 9.59 Å². The van der Waals surface area contributed by atoms with Crippen LogP contribution in [0.3, 0.4) is 0 Å². The summed E-state index contributed by atoms with van der Waals surface area (Å²) in [6.45, 7) is 5.50. The molecule has 1 heterocycles. The molecule has 106 valence electrons. The van der Waals surface area contributed by atoms with E-state index in [4.69, 9.17) is 4.74 Å². The fourth-order valence-electron chi connectivity index (χ4n) is 2.36. The van der Waals surface area contributed by atoms with E-state index in [0.29, 0.717) is 5.56 Å². The summed E-state index contributed by atoms with van der Waals surface area (Å²) in [4.78, 5) is 23.2. The average Bonchev–Trinajstić information content (AvgIpc) is 2.45. The van der Waals surface area contributed by atoms with Crippen LogP contribution < -0.4 is 5.32 Å². The minimum Gasteiger partial charge on any atom is -0.434 e.